The summed E-state index contributed by atoms with van der Waals surface area (Å²) in [6, 6.07) is 13.3. The molecule has 1 aromatic carbocycles. The van der Waals surface area contributed by atoms with E-state index in [1.165, 1.54) is 0 Å². The van der Waals surface area contributed by atoms with E-state index in [4.69, 9.17) is 13.6 Å². The standard InChI is InChI=1S/C26H32O4Si/c1-21-14-16-23(29-21)17-18-24(30-31(5,6)26(2,3)4)13-10-20-28-25(27)19-15-22-11-8-7-9-12-22/h7-9,11-12,14,16,24H,17-18,20H2,1-6H3. The van der Waals surface area contributed by atoms with Crippen molar-refractivity contribution in [1.82, 2.24) is 0 Å². The molecule has 0 radical (unpaired) electrons. The van der Waals surface area contributed by atoms with E-state index in [0.29, 0.717) is 6.42 Å². The molecule has 0 bridgehead atoms. The van der Waals surface area contributed by atoms with Crippen LogP contribution in [0.25, 0.3) is 0 Å². The van der Waals surface area contributed by atoms with Crippen LogP contribution in [-0.2, 0) is 20.4 Å². The molecule has 31 heavy (non-hydrogen) atoms. The topological polar surface area (TPSA) is 48.7 Å². The van der Waals surface area contributed by atoms with Crippen LogP contribution in [0.4, 0.5) is 0 Å². The van der Waals surface area contributed by atoms with Gasteiger partial charge in [-0.3, -0.25) is 0 Å². The van der Waals surface area contributed by atoms with Gasteiger partial charge in [0.2, 0.25) is 0 Å². The highest BCUT2D eigenvalue weighted by Crippen LogP contribution is 2.37. The van der Waals surface area contributed by atoms with E-state index in [9.17, 15) is 4.79 Å². The first kappa shape index (κ1) is 24.5. The molecule has 0 aliphatic carbocycles. The molecule has 0 saturated carbocycles. The lowest BCUT2D eigenvalue weighted by molar-refractivity contribution is -0.135. The summed E-state index contributed by atoms with van der Waals surface area (Å²) in [5.41, 5.74) is 0.765. The van der Waals surface area contributed by atoms with Gasteiger partial charge in [-0.15, -0.1) is 0 Å². The third kappa shape index (κ3) is 8.50. The Bertz CT molecular complexity index is 975. The maximum atomic E-state index is 11.8. The van der Waals surface area contributed by atoms with Crippen LogP contribution in [-0.4, -0.2) is 27.0 Å². The average Bonchev–Trinajstić information content (AvgIpc) is 3.12. The van der Waals surface area contributed by atoms with Crippen molar-refractivity contribution in [3.63, 3.8) is 0 Å². The summed E-state index contributed by atoms with van der Waals surface area (Å²) in [7, 11) is -2.00. The number of carbonyl (C=O) groups excluding carboxylic acids is 1. The van der Waals surface area contributed by atoms with Crippen molar-refractivity contribution in [2.45, 2.75) is 64.8 Å². The average molecular weight is 437 g/mol. The van der Waals surface area contributed by atoms with Gasteiger partial charge in [0.25, 0.3) is 0 Å². The lowest BCUT2D eigenvalue weighted by Crippen LogP contribution is -2.43. The van der Waals surface area contributed by atoms with Gasteiger partial charge in [-0.1, -0.05) is 56.7 Å². The maximum Gasteiger partial charge on any atom is 0.385 e. The summed E-state index contributed by atoms with van der Waals surface area (Å²) in [5.74, 6) is 12.6. The van der Waals surface area contributed by atoms with Gasteiger partial charge in [0.05, 0.1) is 0 Å². The molecule has 1 heterocycles. The molecule has 0 saturated heterocycles. The van der Waals surface area contributed by atoms with Crippen LogP contribution in [0.1, 0.15) is 44.3 Å². The highest BCUT2D eigenvalue weighted by Gasteiger charge is 2.38. The fourth-order valence-corrected chi connectivity index (χ4v) is 3.77. The quantitative estimate of drug-likeness (QED) is 0.340. The summed E-state index contributed by atoms with van der Waals surface area (Å²) in [6.07, 6.45) is 1.21. The van der Waals surface area contributed by atoms with Crippen molar-refractivity contribution >= 4 is 14.3 Å². The van der Waals surface area contributed by atoms with E-state index in [0.717, 1.165) is 23.5 Å². The fraction of sp³-hybridized carbons (Fsp3) is 0.423. The normalized spacial score (nSPS) is 12.2. The third-order valence-corrected chi connectivity index (χ3v) is 9.80. The number of benzene rings is 1. The van der Waals surface area contributed by atoms with Crippen molar-refractivity contribution in [1.29, 1.82) is 0 Å². The molecule has 0 aliphatic rings. The predicted octanol–water partition coefficient (Wildman–Crippen LogP) is 5.51. The Morgan fingerprint density at radius 1 is 1.13 bits per heavy atom. The zero-order valence-electron chi connectivity index (χ0n) is 19.4. The van der Waals surface area contributed by atoms with Gasteiger partial charge >= 0.3 is 5.97 Å². The Labute approximate surface area is 187 Å². The van der Waals surface area contributed by atoms with Crippen molar-refractivity contribution < 1.29 is 18.4 Å². The molecule has 0 spiro atoms. The van der Waals surface area contributed by atoms with E-state index in [1.54, 1.807) is 0 Å². The van der Waals surface area contributed by atoms with E-state index < -0.39 is 14.3 Å². The van der Waals surface area contributed by atoms with Crippen LogP contribution in [0.2, 0.25) is 18.1 Å². The zero-order valence-corrected chi connectivity index (χ0v) is 20.4. The molecule has 0 fully saturated rings. The summed E-state index contributed by atoms with van der Waals surface area (Å²) in [4.78, 5) is 11.8. The second-order valence-corrected chi connectivity index (χ2v) is 13.7. The summed E-state index contributed by atoms with van der Waals surface area (Å²) in [5, 5.41) is 0.0771. The number of aryl methyl sites for hydroxylation is 2. The maximum absolute atomic E-state index is 11.8. The van der Waals surface area contributed by atoms with Crippen LogP contribution in [0.3, 0.4) is 0 Å². The van der Waals surface area contributed by atoms with Gasteiger partial charge in [0.15, 0.2) is 14.9 Å². The van der Waals surface area contributed by atoms with Gasteiger partial charge in [0.1, 0.15) is 17.6 Å². The van der Waals surface area contributed by atoms with Crippen molar-refractivity contribution in [2.75, 3.05) is 6.61 Å². The van der Waals surface area contributed by atoms with Crippen LogP contribution in [0, 0.1) is 30.6 Å². The molecule has 1 atom stereocenters. The highest BCUT2D eigenvalue weighted by molar-refractivity contribution is 6.74. The molecule has 0 aliphatic heterocycles. The van der Waals surface area contributed by atoms with Gasteiger partial charge in [0, 0.05) is 17.9 Å². The van der Waals surface area contributed by atoms with E-state index in [-0.39, 0.29) is 17.7 Å². The predicted molar refractivity (Wildman–Crippen MR) is 126 cm³/mol. The zero-order chi connectivity index (χ0) is 22.9. The van der Waals surface area contributed by atoms with Crippen LogP contribution < -0.4 is 0 Å². The third-order valence-electron chi connectivity index (χ3n) is 5.31. The van der Waals surface area contributed by atoms with E-state index >= 15 is 0 Å². The van der Waals surface area contributed by atoms with Crippen LogP contribution in [0.5, 0.6) is 0 Å². The van der Waals surface area contributed by atoms with Gasteiger partial charge in [-0.2, -0.15) is 0 Å². The number of rotatable bonds is 6. The Kier molecular flexibility index (Phi) is 8.74. The van der Waals surface area contributed by atoms with E-state index in [1.807, 2.05) is 49.4 Å². The van der Waals surface area contributed by atoms with Crippen LogP contribution >= 0.6 is 0 Å². The first-order chi connectivity index (χ1) is 14.6. The summed E-state index contributed by atoms with van der Waals surface area (Å²) < 4.78 is 17.3. The lowest BCUT2D eigenvalue weighted by atomic mass is 10.2. The Hall–Kier alpha value is -2.73. The summed E-state index contributed by atoms with van der Waals surface area (Å²) >= 11 is 0. The molecule has 0 amide bonds. The van der Waals surface area contributed by atoms with Crippen molar-refractivity contribution in [2.24, 2.45) is 0 Å². The summed E-state index contributed by atoms with van der Waals surface area (Å²) in [6.45, 7) is 12.9. The molecule has 1 unspecified atom stereocenters. The number of hydrogen-bond acceptors (Lipinski definition) is 4. The SMILES string of the molecule is Cc1ccc(CCC(C#CCOC(=O)C#Cc2ccccc2)O[Si](C)(C)C(C)(C)C)o1. The highest BCUT2D eigenvalue weighted by atomic mass is 28.4. The molecule has 164 valence electrons. The Morgan fingerprint density at radius 3 is 2.45 bits per heavy atom. The number of esters is 1. The minimum absolute atomic E-state index is 0.0144. The Balaban J connectivity index is 1.97. The molecule has 2 rings (SSSR count). The molecular formula is C26H32O4Si. The fourth-order valence-electron chi connectivity index (χ4n) is 2.52. The second-order valence-electron chi connectivity index (χ2n) is 8.93. The molecule has 1 aromatic heterocycles. The molecular weight excluding hydrogens is 404 g/mol. The van der Waals surface area contributed by atoms with Gasteiger partial charge < -0.3 is 13.6 Å². The smallest absolute Gasteiger partial charge is 0.385 e. The van der Waals surface area contributed by atoms with E-state index in [2.05, 4.69) is 57.5 Å². The second kappa shape index (κ2) is 11.0. The van der Waals surface area contributed by atoms with Gasteiger partial charge in [-0.25, -0.2) is 4.79 Å². The minimum atomic E-state index is -2.00. The minimum Gasteiger partial charge on any atom is -0.466 e. The van der Waals surface area contributed by atoms with Crippen molar-refractivity contribution in [3.8, 4) is 23.7 Å². The van der Waals surface area contributed by atoms with Crippen LogP contribution in [0.15, 0.2) is 46.9 Å². The number of furan rings is 1. The molecule has 2 aromatic rings. The van der Waals surface area contributed by atoms with Crippen molar-refractivity contribution in [3.05, 3.63) is 59.5 Å². The lowest BCUT2D eigenvalue weighted by Gasteiger charge is -2.38. The molecule has 4 nitrogen and oxygen atoms in total. The number of hydrogen-bond donors (Lipinski definition) is 0. The first-order valence-electron chi connectivity index (χ1n) is 10.5. The number of carbonyl (C=O) groups is 1. The Morgan fingerprint density at radius 2 is 1.84 bits per heavy atom. The largest absolute Gasteiger partial charge is 0.466 e. The molecule has 5 heteroatoms. The first-order valence-corrected chi connectivity index (χ1v) is 13.4. The number of ether oxygens (including phenoxy) is 1. The monoisotopic (exact) mass is 436 g/mol. The molecule has 0 N–H and O–H groups in total. The van der Waals surface area contributed by atoms with Gasteiger partial charge in [-0.05, 0) is 55.7 Å².